The molecule has 17 heavy (non-hydrogen) atoms. The first kappa shape index (κ1) is 12.2. The van der Waals surface area contributed by atoms with Crippen LogP contribution in [-0.4, -0.2) is 28.3 Å². The van der Waals surface area contributed by atoms with E-state index in [9.17, 15) is 0 Å². The van der Waals surface area contributed by atoms with Crippen molar-refractivity contribution >= 4 is 32.8 Å². The van der Waals surface area contributed by atoms with Crippen LogP contribution in [0, 0.1) is 0 Å². The number of anilines is 2. The lowest BCUT2D eigenvalue weighted by Crippen LogP contribution is -2.20. The Morgan fingerprint density at radius 1 is 1.06 bits per heavy atom. The van der Waals surface area contributed by atoms with Gasteiger partial charge in [-0.3, -0.25) is 0 Å². The van der Waals surface area contributed by atoms with Gasteiger partial charge in [0.1, 0.15) is 10.0 Å². The first-order valence-corrected chi connectivity index (χ1v) is 6.86. The summed E-state index contributed by atoms with van der Waals surface area (Å²) in [5.41, 5.74) is 11.1. The maximum absolute atomic E-state index is 5.60. The Bertz CT molecular complexity index is 423. The van der Waals surface area contributed by atoms with Crippen LogP contribution in [0.3, 0.4) is 0 Å². The van der Waals surface area contributed by atoms with Gasteiger partial charge in [0.05, 0.1) is 11.2 Å². The van der Waals surface area contributed by atoms with Gasteiger partial charge in [-0.05, 0) is 0 Å². The van der Waals surface area contributed by atoms with Crippen LogP contribution in [0.4, 0.5) is 10.1 Å². The third-order valence-corrected chi connectivity index (χ3v) is 3.78. The number of hydrogen-bond donors (Lipinski definition) is 3. The van der Waals surface area contributed by atoms with E-state index in [4.69, 9.17) is 11.5 Å². The second-order valence-electron chi connectivity index (χ2n) is 3.44. The van der Waals surface area contributed by atoms with Gasteiger partial charge < -0.3 is 16.8 Å². The molecular weight excluding hydrogens is 256 g/mol. The smallest absolute Gasteiger partial charge is 0.203 e. The van der Waals surface area contributed by atoms with E-state index in [0.717, 1.165) is 40.9 Å². The van der Waals surface area contributed by atoms with Gasteiger partial charge in [-0.15, -0.1) is 21.5 Å². The molecule has 0 fully saturated rings. The van der Waals surface area contributed by atoms with Gasteiger partial charge >= 0.3 is 0 Å². The Kier molecular flexibility index (Phi) is 4.24. The molecule has 0 amide bonds. The van der Waals surface area contributed by atoms with Crippen molar-refractivity contribution in [1.82, 2.24) is 20.5 Å². The maximum Gasteiger partial charge on any atom is 0.203 e. The Morgan fingerprint density at radius 2 is 1.82 bits per heavy atom. The zero-order valence-corrected chi connectivity index (χ0v) is 10.9. The fraction of sp³-hybridized carbons (Fsp3) is 0.444. The summed E-state index contributed by atoms with van der Waals surface area (Å²) >= 11 is 2.97. The molecule has 0 radical (unpaired) electrons. The number of thiazole rings is 1. The lowest BCUT2D eigenvalue weighted by atomic mass is 10.4. The lowest BCUT2D eigenvalue weighted by molar-refractivity contribution is 0.676. The quantitative estimate of drug-likeness (QED) is 0.662. The summed E-state index contributed by atoms with van der Waals surface area (Å²) in [5, 5.41) is 14.4. The normalized spacial score (nSPS) is 10.8. The van der Waals surface area contributed by atoms with Crippen molar-refractivity contribution in [3.8, 4) is 0 Å². The van der Waals surface area contributed by atoms with Crippen molar-refractivity contribution in [2.75, 3.05) is 24.6 Å². The fourth-order valence-electron chi connectivity index (χ4n) is 1.32. The predicted octanol–water partition coefficient (Wildman–Crippen LogP) is 0.534. The summed E-state index contributed by atoms with van der Waals surface area (Å²) in [6, 6.07) is 0. The molecule has 0 aromatic carbocycles. The van der Waals surface area contributed by atoms with Crippen molar-refractivity contribution in [2.24, 2.45) is 0 Å². The van der Waals surface area contributed by atoms with Crippen LogP contribution in [0.15, 0.2) is 6.20 Å². The van der Waals surface area contributed by atoms with Gasteiger partial charge in [0.15, 0.2) is 0 Å². The molecule has 0 aliphatic heterocycles. The van der Waals surface area contributed by atoms with Crippen LogP contribution in [0.1, 0.15) is 10.0 Å². The summed E-state index contributed by atoms with van der Waals surface area (Å²) in [4.78, 5) is 4.19. The summed E-state index contributed by atoms with van der Waals surface area (Å²) < 4.78 is 0. The molecule has 6 nitrogen and oxygen atoms in total. The first-order chi connectivity index (χ1) is 8.24. The van der Waals surface area contributed by atoms with Crippen LogP contribution < -0.4 is 16.8 Å². The van der Waals surface area contributed by atoms with E-state index in [0.29, 0.717) is 5.13 Å². The number of hydrogen-bond acceptors (Lipinski definition) is 8. The molecule has 8 heteroatoms. The van der Waals surface area contributed by atoms with Crippen molar-refractivity contribution in [3.05, 3.63) is 16.2 Å². The minimum Gasteiger partial charge on any atom is -0.389 e. The zero-order valence-electron chi connectivity index (χ0n) is 9.22. The summed E-state index contributed by atoms with van der Waals surface area (Å²) in [5.74, 6) is 0. The van der Waals surface area contributed by atoms with Gasteiger partial charge in [-0.25, -0.2) is 4.98 Å². The number of nitrogens with one attached hydrogen (secondary N) is 1. The van der Waals surface area contributed by atoms with E-state index in [-0.39, 0.29) is 0 Å². The Hall–Kier alpha value is -1.25. The van der Waals surface area contributed by atoms with Crippen LogP contribution in [0.25, 0.3) is 0 Å². The molecular formula is C9H14N6S2. The van der Waals surface area contributed by atoms with Gasteiger partial charge in [-0.2, -0.15) is 0 Å². The molecule has 2 aromatic rings. The first-order valence-electron chi connectivity index (χ1n) is 5.23. The van der Waals surface area contributed by atoms with Crippen LogP contribution in [0.2, 0.25) is 0 Å². The Labute approximate surface area is 107 Å². The van der Waals surface area contributed by atoms with Crippen LogP contribution in [-0.2, 0) is 12.8 Å². The highest BCUT2D eigenvalue weighted by molar-refractivity contribution is 7.15. The average molecular weight is 270 g/mol. The molecule has 0 unspecified atom stereocenters. The molecule has 0 bridgehead atoms. The highest BCUT2D eigenvalue weighted by atomic mass is 32.1. The fourth-order valence-corrected chi connectivity index (χ4v) is 2.62. The Balaban J connectivity index is 1.60. The number of nitrogens with two attached hydrogens (primary N) is 2. The van der Waals surface area contributed by atoms with Gasteiger partial charge in [0.25, 0.3) is 0 Å². The molecule has 0 spiro atoms. The van der Waals surface area contributed by atoms with Crippen molar-refractivity contribution in [2.45, 2.75) is 12.8 Å². The van der Waals surface area contributed by atoms with Crippen molar-refractivity contribution < 1.29 is 0 Å². The van der Waals surface area contributed by atoms with Gasteiger partial charge in [-0.1, -0.05) is 11.3 Å². The molecule has 2 heterocycles. The summed E-state index contributed by atoms with van der Waals surface area (Å²) in [6.45, 7) is 1.76. The molecule has 2 rings (SSSR count). The second-order valence-corrected chi connectivity index (χ2v) is 5.68. The molecule has 0 saturated heterocycles. The van der Waals surface area contributed by atoms with E-state index in [1.54, 1.807) is 6.20 Å². The molecule has 5 N–H and O–H groups in total. The molecule has 0 aliphatic carbocycles. The van der Waals surface area contributed by atoms with E-state index < -0.39 is 0 Å². The second kappa shape index (κ2) is 5.89. The molecule has 2 aromatic heterocycles. The number of aromatic nitrogens is 3. The SMILES string of the molecule is Nc1cnc(CCNCCc2nnc(N)s2)s1. The number of nitrogen functional groups attached to an aromatic ring is 2. The summed E-state index contributed by atoms with van der Waals surface area (Å²) in [6.07, 6.45) is 3.46. The monoisotopic (exact) mass is 270 g/mol. The maximum atomic E-state index is 5.60. The minimum atomic E-state index is 0.526. The van der Waals surface area contributed by atoms with Crippen molar-refractivity contribution in [3.63, 3.8) is 0 Å². The number of rotatable bonds is 6. The predicted molar refractivity (Wildman–Crippen MR) is 71.1 cm³/mol. The minimum absolute atomic E-state index is 0.526. The average Bonchev–Trinajstić information content (AvgIpc) is 2.88. The molecule has 92 valence electrons. The van der Waals surface area contributed by atoms with E-state index in [1.807, 2.05) is 0 Å². The highest BCUT2D eigenvalue weighted by Crippen LogP contribution is 2.14. The van der Waals surface area contributed by atoms with Crippen molar-refractivity contribution in [1.29, 1.82) is 0 Å². The Morgan fingerprint density at radius 3 is 2.41 bits per heavy atom. The van der Waals surface area contributed by atoms with Gasteiger partial charge in [0.2, 0.25) is 5.13 Å². The van der Waals surface area contributed by atoms with E-state index in [1.165, 1.54) is 22.7 Å². The summed E-state index contributed by atoms with van der Waals surface area (Å²) in [7, 11) is 0. The highest BCUT2D eigenvalue weighted by Gasteiger charge is 2.01. The standard InChI is InChI=1S/C9H14N6S2/c10-6-5-13-7(16-6)1-3-12-4-2-8-14-15-9(11)17-8/h5,12H,1-4,10H2,(H2,11,15). The lowest BCUT2D eigenvalue weighted by Gasteiger charge is -2.00. The zero-order chi connectivity index (χ0) is 12.1. The van der Waals surface area contributed by atoms with Crippen LogP contribution >= 0.6 is 22.7 Å². The van der Waals surface area contributed by atoms with Crippen LogP contribution in [0.5, 0.6) is 0 Å². The largest absolute Gasteiger partial charge is 0.389 e. The molecule has 0 aliphatic rings. The topological polar surface area (TPSA) is 103 Å². The molecule has 0 saturated carbocycles. The third-order valence-electron chi connectivity index (χ3n) is 2.09. The van der Waals surface area contributed by atoms with E-state index in [2.05, 4.69) is 20.5 Å². The van der Waals surface area contributed by atoms with Gasteiger partial charge in [0, 0.05) is 25.9 Å². The van der Waals surface area contributed by atoms with E-state index >= 15 is 0 Å². The number of nitrogens with zero attached hydrogens (tertiary/aromatic N) is 3. The third kappa shape index (κ3) is 3.91. The molecule has 0 atom stereocenters.